The van der Waals surface area contributed by atoms with E-state index in [2.05, 4.69) is 15.5 Å². The fraction of sp³-hybridized carbons (Fsp3) is 0.222. The lowest BCUT2D eigenvalue weighted by Crippen LogP contribution is -2.15. The van der Waals surface area contributed by atoms with Gasteiger partial charge in [-0.25, -0.2) is 4.68 Å². The van der Waals surface area contributed by atoms with Crippen molar-refractivity contribution in [2.24, 2.45) is 10.9 Å². The van der Waals surface area contributed by atoms with Crippen LogP contribution in [0.1, 0.15) is 6.42 Å². The summed E-state index contributed by atoms with van der Waals surface area (Å²) in [4.78, 5) is 0. The third kappa shape index (κ3) is 1.88. The van der Waals surface area contributed by atoms with Crippen molar-refractivity contribution in [1.82, 2.24) is 15.0 Å². The number of aryl methyl sites for hydroxylation is 1. The van der Waals surface area contributed by atoms with Crippen LogP contribution in [0.4, 0.5) is 0 Å². The quantitative estimate of drug-likeness (QED) is 0.332. The second kappa shape index (κ2) is 3.95. The highest BCUT2D eigenvalue weighted by molar-refractivity contribution is 5.80. The van der Waals surface area contributed by atoms with Crippen LogP contribution in [-0.2, 0) is 6.54 Å². The highest BCUT2D eigenvalue weighted by atomic mass is 16.4. The summed E-state index contributed by atoms with van der Waals surface area (Å²) in [5, 5.41) is 19.3. The Labute approximate surface area is 86.0 Å². The van der Waals surface area contributed by atoms with Crippen LogP contribution in [0.15, 0.2) is 29.4 Å². The summed E-state index contributed by atoms with van der Waals surface area (Å²) in [5.74, 6) is 0.189. The van der Waals surface area contributed by atoms with E-state index in [0.29, 0.717) is 13.0 Å². The molecule has 0 saturated carbocycles. The molecule has 0 bridgehead atoms. The van der Waals surface area contributed by atoms with Crippen LogP contribution < -0.4 is 5.73 Å². The van der Waals surface area contributed by atoms with E-state index in [9.17, 15) is 0 Å². The molecule has 1 heterocycles. The lowest BCUT2D eigenvalue weighted by molar-refractivity contribution is 0.316. The Morgan fingerprint density at radius 2 is 2.27 bits per heavy atom. The second-order valence-electron chi connectivity index (χ2n) is 3.14. The molecule has 15 heavy (non-hydrogen) atoms. The van der Waals surface area contributed by atoms with Crippen molar-refractivity contribution >= 4 is 16.9 Å². The smallest absolute Gasteiger partial charge is 0.140 e. The molecule has 6 heteroatoms. The third-order valence-corrected chi connectivity index (χ3v) is 2.13. The molecule has 0 aliphatic heterocycles. The monoisotopic (exact) mass is 205 g/mol. The lowest BCUT2D eigenvalue weighted by Gasteiger charge is -2.00. The highest BCUT2D eigenvalue weighted by Gasteiger charge is 2.03. The summed E-state index contributed by atoms with van der Waals surface area (Å²) in [6.45, 7) is 0.552. The van der Waals surface area contributed by atoms with Gasteiger partial charge in [0.25, 0.3) is 0 Å². The van der Waals surface area contributed by atoms with Gasteiger partial charge in [0.15, 0.2) is 0 Å². The molecule has 0 aliphatic carbocycles. The molecule has 0 unspecified atom stereocenters. The number of fused-ring (bicyclic) bond motifs is 1. The Bertz CT molecular complexity index is 490. The molecule has 6 nitrogen and oxygen atoms in total. The van der Waals surface area contributed by atoms with Crippen LogP contribution in [-0.4, -0.2) is 26.0 Å². The van der Waals surface area contributed by atoms with Gasteiger partial charge in [0.2, 0.25) is 0 Å². The first kappa shape index (κ1) is 9.45. The summed E-state index contributed by atoms with van der Waals surface area (Å²) in [5.41, 5.74) is 7.16. The van der Waals surface area contributed by atoms with E-state index in [1.54, 1.807) is 4.68 Å². The minimum Gasteiger partial charge on any atom is -0.409 e. The van der Waals surface area contributed by atoms with Gasteiger partial charge in [-0.2, -0.15) is 0 Å². The maximum atomic E-state index is 8.39. The molecule has 0 saturated heterocycles. The zero-order chi connectivity index (χ0) is 10.7. The van der Waals surface area contributed by atoms with E-state index in [4.69, 9.17) is 10.9 Å². The molecule has 78 valence electrons. The molecule has 3 N–H and O–H groups in total. The van der Waals surface area contributed by atoms with Gasteiger partial charge in [-0.1, -0.05) is 22.5 Å². The summed E-state index contributed by atoms with van der Waals surface area (Å²) >= 11 is 0. The van der Waals surface area contributed by atoms with Crippen molar-refractivity contribution in [3.05, 3.63) is 24.3 Å². The Morgan fingerprint density at radius 1 is 1.47 bits per heavy atom. The van der Waals surface area contributed by atoms with Gasteiger partial charge in [0.05, 0.1) is 12.1 Å². The van der Waals surface area contributed by atoms with E-state index < -0.39 is 0 Å². The van der Waals surface area contributed by atoms with E-state index >= 15 is 0 Å². The fourth-order valence-electron chi connectivity index (χ4n) is 1.35. The number of amidine groups is 1. The van der Waals surface area contributed by atoms with E-state index in [1.165, 1.54) is 0 Å². The van der Waals surface area contributed by atoms with Gasteiger partial charge in [-0.05, 0) is 12.1 Å². The molecule has 0 atom stereocenters. The summed E-state index contributed by atoms with van der Waals surface area (Å²) in [6.07, 6.45) is 0.448. The lowest BCUT2D eigenvalue weighted by atomic mass is 10.3. The summed E-state index contributed by atoms with van der Waals surface area (Å²) in [6, 6.07) is 7.65. The van der Waals surface area contributed by atoms with E-state index in [-0.39, 0.29) is 5.84 Å². The van der Waals surface area contributed by atoms with E-state index in [0.717, 1.165) is 11.0 Å². The van der Waals surface area contributed by atoms with Gasteiger partial charge < -0.3 is 10.9 Å². The summed E-state index contributed by atoms with van der Waals surface area (Å²) in [7, 11) is 0. The Balaban J connectivity index is 2.22. The molecule has 0 spiro atoms. The van der Waals surface area contributed by atoms with Crippen LogP contribution in [0.3, 0.4) is 0 Å². The number of hydrogen-bond donors (Lipinski definition) is 2. The Kier molecular flexibility index (Phi) is 2.49. The Hall–Kier alpha value is -2.11. The predicted octanol–water partition coefficient (Wildman–Crippen LogP) is 0.568. The Morgan fingerprint density at radius 3 is 3.07 bits per heavy atom. The van der Waals surface area contributed by atoms with Gasteiger partial charge in [-0.15, -0.1) is 5.10 Å². The first-order valence-electron chi connectivity index (χ1n) is 4.56. The van der Waals surface area contributed by atoms with Gasteiger partial charge in [-0.3, -0.25) is 0 Å². The molecule has 0 amide bonds. The third-order valence-electron chi connectivity index (χ3n) is 2.13. The van der Waals surface area contributed by atoms with Crippen LogP contribution in [0, 0.1) is 0 Å². The number of rotatable bonds is 3. The predicted molar refractivity (Wildman–Crippen MR) is 55.6 cm³/mol. The largest absolute Gasteiger partial charge is 0.409 e. The number of aromatic nitrogens is 3. The first-order valence-corrected chi connectivity index (χ1v) is 4.56. The van der Waals surface area contributed by atoms with Crippen molar-refractivity contribution in [3.63, 3.8) is 0 Å². The average Bonchev–Trinajstić information content (AvgIpc) is 2.69. The molecule has 2 rings (SSSR count). The second-order valence-corrected chi connectivity index (χ2v) is 3.14. The van der Waals surface area contributed by atoms with Crippen molar-refractivity contribution in [2.75, 3.05) is 0 Å². The van der Waals surface area contributed by atoms with Crippen LogP contribution in [0.25, 0.3) is 11.0 Å². The average molecular weight is 205 g/mol. The van der Waals surface area contributed by atoms with Crippen LogP contribution in [0.2, 0.25) is 0 Å². The zero-order valence-corrected chi connectivity index (χ0v) is 8.04. The van der Waals surface area contributed by atoms with Crippen molar-refractivity contribution in [2.45, 2.75) is 13.0 Å². The van der Waals surface area contributed by atoms with Crippen molar-refractivity contribution in [3.8, 4) is 0 Å². The van der Waals surface area contributed by atoms with Gasteiger partial charge >= 0.3 is 0 Å². The van der Waals surface area contributed by atoms with Gasteiger partial charge in [0, 0.05) is 6.42 Å². The van der Waals surface area contributed by atoms with Crippen LogP contribution >= 0.6 is 0 Å². The normalized spacial score (nSPS) is 12.1. The maximum absolute atomic E-state index is 8.39. The molecular formula is C9H11N5O. The molecule has 0 fully saturated rings. The number of hydrogen-bond acceptors (Lipinski definition) is 4. The van der Waals surface area contributed by atoms with Gasteiger partial charge in [0.1, 0.15) is 11.4 Å². The number of para-hydroxylation sites is 1. The highest BCUT2D eigenvalue weighted by Crippen LogP contribution is 2.09. The minimum atomic E-state index is 0.189. The van der Waals surface area contributed by atoms with Crippen molar-refractivity contribution in [1.29, 1.82) is 0 Å². The topological polar surface area (TPSA) is 89.3 Å². The molecule has 0 aliphatic rings. The summed E-state index contributed by atoms with van der Waals surface area (Å²) < 4.78 is 1.73. The molecule has 0 radical (unpaired) electrons. The SMILES string of the molecule is N/C(CCn1nnc2ccccc21)=N\O. The standard InChI is InChI=1S/C9H11N5O/c10-9(12-15)5-6-14-8-4-2-1-3-7(8)11-13-14/h1-4,15H,5-6H2,(H2,10,12). The van der Waals surface area contributed by atoms with E-state index in [1.807, 2.05) is 24.3 Å². The molecule has 1 aromatic carbocycles. The fourth-order valence-corrected chi connectivity index (χ4v) is 1.35. The molecule has 2 aromatic rings. The number of nitrogens with zero attached hydrogens (tertiary/aromatic N) is 4. The first-order chi connectivity index (χ1) is 7.31. The van der Waals surface area contributed by atoms with Crippen LogP contribution in [0.5, 0.6) is 0 Å². The molecule has 1 aromatic heterocycles. The van der Waals surface area contributed by atoms with Crippen molar-refractivity contribution < 1.29 is 5.21 Å². The molecular weight excluding hydrogens is 194 g/mol. The number of oxime groups is 1. The number of benzene rings is 1. The zero-order valence-electron chi connectivity index (χ0n) is 8.04. The minimum absolute atomic E-state index is 0.189. The number of nitrogens with two attached hydrogens (primary N) is 1. The maximum Gasteiger partial charge on any atom is 0.140 e.